The molecule has 0 saturated heterocycles. The van der Waals surface area contributed by atoms with Gasteiger partial charge in [-0.1, -0.05) is 18.1 Å². The molecule has 1 fully saturated rings. The molecule has 0 bridgehead atoms. The van der Waals surface area contributed by atoms with Crippen LogP contribution in [0, 0.1) is 0 Å². The standard InChI is InChI=1S/C21H25N7O3/c1-11(2)28-19(22)17(20(23)30)18(26-28)13-5-4-12(10-24-13)8-15(29)25-16-9-14(27-31-16)21(3)6-7-21/h4-5,9-11H,6-8,22H2,1-3H3,(H2,23,30)(H,25,29). The third-order valence-electron chi connectivity index (χ3n) is 5.51. The molecule has 3 heterocycles. The number of carbonyl (C=O) groups excluding carboxylic acids is 2. The fraction of sp³-hybridized carbons (Fsp3) is 0.381. The molecule has 0 aliphatic heterocycles. The third-order valence-corrected chi connectivity index (χ3v) is 5.51. The zero-order valence-electron chi connectivity index (χ0n) is 17.7. The maximum Gasteiger partial charge on any atom is 0.254 e. The van der Waals surface area contributed by atoms with Gasteiger partial charge >= 0.3 is 0 Å². The van der Waals surface area contributed by atoms with E-state index in [4.69, 9.17) is 16.0 Å². The number of pyridine rings is 1. The molecule has 0 aromatic carbocycles. The molecule has 0 unspecified atom stereocenters. The van der Waals surface area contributed by atoms with Crippen LogP contribution in [0.4, 0.5) is 11.7 Å². The van der Waals surface area contributed by atoms with Crippen LogP contribution in [0.5, 0.6) is 0 Å². The highest BCUT2D eigenvalue weighted by molar-refractivity contribution is 6.03. The minimum atomic E-state index is -0.670. The highest BCUT2D eigenvalue weighted by Gasteiger charge is 2.42. The number of carbonyl (C=O) groups is 2. The minimum absolute atomic E-state index is 0.0473. The second kappa shape index (κ2) is 7.53. The molecule has 1 aliphatic carbocycles. The summed E-state index contributed by atoms with van der Waals surface area (Å²) in [6.07, 6.45) is 3.81. The maximum absolute atomic E-state index is 12.4. The van der Waals surface area contributed by atoms with Gasteiger partial charge in [-0.3, -0.25) is 19.9 Å². The molecule has 1 saturated carbocycles. The zero-order valence-corrected chi connectivity index (χ0v) is 17.7. The van der Waals surface area contributed by atoms with E-state index in [0.29, 0.717) is 22.8 Å². The first kappa shape index (κ1) is 20.6. The van der Waals surface area contributed by atoms with Gasteiger partial charge in [-0.15, -0.1) is 0 Å². The van der Waals surface area contributed by atoms with Crippen molar-refractivity contribution < 1.29 is 14.1 Å². The van der Waals surface area contributed by atoms with E-state index < -0.39 is 5.91 Å². The molecule has 162 valence electrons. The highest BCUT2D eigenvalue weighted by atomic mass is 16.5. The van der Waals surface area contributed by atoms with Crippen molar-refractivity contribution in [1.29, 1.82) is 0 Å². The lowest BCUT2D eigenvalue weighted by Gasteiger charge is -2.06. The van der Waals surface area contributed by atoms with E-state index in [1.54, 1.807) is 24.4 Å². The Morgan fingerprint density at radius 3 is 2.65 bits per heavy atom. The van der Waals surface area contributed by atoms with Gasteiger partial charge in [0.15, 0.2) is 0 Å². The highest BCUT2D eigenvalue weighted by Crippen LogP contribution is 2.47. The largest absolute Gasteiger partial charge is 0.383 e. The fourth-order valence-electron chi connectivity index (χ4n) is 3.36. The first-order chi connectivity index (χ1) is 14.7. The number of aromatic nitrogens is 4. The summed E-state index contributed by atoms with van der Waals surface area (Å²) in [5, 5.41) is 11.2. The summed E-state index contributed by atoms with van der Waals surface area (Å²) in [6.45, 7) is 5.91. The molecule has 4 rings (SSSR count). The summed E-state index contributed by atoms with van der Waals surface area (Å²) in [6, 6.07) is 5.15. The SMILES string of the molecule is CC(C)n1nc(-c2ccc(CC(=O)Nc3cc(C4(C)CC4)no3)cn2)c(C(N)=O)c1N. The van der Waals surface area contributed by atoms with Gasteiger partial charge in [-0.05, 0) is 38.3 Å². The van der Waals surface area contributed by atoms with Crippen molar-refractivity contribution in [2.75, 3.05) is 11.1 Å². The summed E-state index contributed by atoms with van der Waals surface area (Å²) >= 11 is 0. The number of rotatable bonds is 7. The lowest BCUT2D eigenvalue weighted by atomic mass is 10.1. The van der Waals surface area contributed by atoms with Crippen molar-refractivity contribution in [3.63, 3.8) is 0 Å². The molecule has 0 atom stereocenters. The van der Waals surface area contributed by atoms with Crippen LogP contribution in [0.2, 0.25) is 0 Å². The second-order valence-corrected chi connectivity index (χ2v) is 8.43. The van der Waals surface area contributed by atoms with E-state index in [1.165, 1.54) is 4.68 Å². The molecule has 2 amide bonds. The molecule has 3 aromatic heterocycles. The Hall–Kier alpha value is -3.69. The number of amides is 2. The Morgan fingerprint density at radius 1 is 1.32 bits per heavy atom. The van der Waals surface area contributed by atoms with Gasteiger partial charge in [0, 0.05) is 23.7 Å². The van der Waals surface area contributed by atoms with Crippen LogP contribution in [-0.4, -0.2) is 31.7 Å². The molecule has 10 heteroatoms. The van der Waals surface area contributed by atoms with Gasteiger partial charge in [-0.25, -0.2) is 4.68 Å². The number of nitrogen functional groups attached to an aromatic ring is 1. The van der Waals surface area contributed by atoms with Crippen molar-refractivity contribution in [2.24, 2.45) is 5.73 Å². The predicted octanol–water partition coefficient (Wildman–Crippen LogP) is 2.43. The van der Waals surface area contributed by atoms with E-state index in [2.05, 4.69) is 27.5 Å². The molecule has 0 spiro atoms. The van der Waals surface area contributed by atoms with E-state index in [1.807, 2.05) is 13.8 Å². The number of hydrogen-bond donors (Lipinski definition) is 3. The predicted molar refractivity (Wildman–Crippen MR) is 114 cm³/mol. The van der Waals surface area contributed by atoms with E-state index in [0.717, 1.165) is 18.5 Å². The Balaban J connectivity index is 1.47. The molecule has 31 heavy (non-hydrogen) atoms. The molecule has 10 nitrogen and oxygen atoms in total. The lowest BCUT2D eigenvalue weighted by Crippen LogP contribution is -2.15. The molecule has 1 aliphatic rings. The fourth-order valence-corrected chi connectivity index (χ4v) is 3.36. The van der Waals surface area contributed by atoms with Gasteiger partial charge in [-0.2, -0.15) is 5.10 Å². The van der Waals surface area contributed by atoms with E-state index >= 15 is 0 Å². The summed E-state index contributed by atoms with van der Waals surface area (Å²) in [7, 11) is 0. The maximum atomic E-state index is 12.4. The van der Waals surface area contributed by atoms with Crippen LogP contribution in [0.15, 0.2) is 28.9 Å². The average Bonchev–Trinajstić information content (AvgIpc) is 3.12. The summed E-state index contributed by atoms with van der Waals surface area (Å²) < 4.78 is 6.75. The van der Waals surface area contributed by atoms with Crippen LogP contribution < -0.4 is 16.8 Å². The number of nitrogens with one attached hydrogen (secondary N) is 1. The first-order valence-electron chi connectivity index (χ1n) is 10.1. The van der Waals surface area contributed by atoms with Crippen LogP contribution in [0.3, 0.4) is 0 Å². The van der Waals surface area contributed by atoms with Crippen LogP contribution >= 0.6 is 0 Å². The Kier molecular flexibility index (Phi) is 5.00. The average molecular weight is 423 g/mol. The zero-order chi connectivity index (χ0) is 22.3. The van der Waals surface area contributed by atoms with Gasteiger partial charge < -0.3 is 16.0 Å². The Morgan fingerprint density at radius 2 is 2.06 bits per heavy atom. The van der Waals surface area contributed by atoms with E-state index in [9.17, 15) is 9.59 Å². The molecular formula is C21H25N7O3. The van der Waals surface area contributed by atoms with Crippen molar-refractivity contribution in [3.05, 3.63) is 41.2 Å². The quantitative estimate of drug-likeness (QED) is 0.527. The third kappa shape index (κ3) is 4.00. The summed E-state index contributed by atoms with van der Waals surface area (Å²) in [4.78, 5) is 28.6. The van der Waals surface area contributed by atoms with Gasteiger partial charge in [0.05, 0.1) is 17.8 Å². The van der Waals surface area contributed by atoms with Crippen LogP contribution in [0.1, 0.15) is 61.3 Å². The minimum Gasteiger partial charge on any atom is -0.383 e. The molecular weight excluding hydrogens is 398 g/mol. The topological polar surface area (TPSA) is 155 Å². The molecule has 0 radical (unpaired) electrons. The number of nitrogens with two attached hydrogens (primary N) is 2. The molecule has 5 N–H and O–H groups in total. The monoisotopic (exact) mass is 423 g/mol. The van der Waals surface area contributed by atoms with Crippen LogP contribution in [-0.2, 0) is 16.6 Å². The van der Waals surface area contributed by atoms with E-state index in [-0.39, 0.29) is 35.2 Å². The number of hydrogen-bond acceptors (Lipinski definition) is 7. The lowest BCUT2D eigenvalue weighted by molar-refractivity contribution is -0.115. The van der Waals surface area contributed by atoms with Crippen molar-refractivity contribution in [1.82, 2.24) is 19.9 Å². The Labute approximate surface area is 179 Å². The van der Waals surface area contributed by atoms with Gasteiger partial charge in [0.1, 0.15) is 17.1 Å². The number of nitrogens with zero attached hydrogens (tertiary/aromatic N) is 4. The Bertz CT molecular complexity index is 1140. The number of primary amides is 1. The van der Waals surface area contributed by atoms with Crippen LogP contribution in [0.25, 0.3) is 11.4 Å². The second-order valence-electron chi connectivity index (χ2n) is 8.43. The number of anilines is 2. The van der Waals surface area contributed by atoms with Crippen molar-refractivity contribution in [3.8, 4) is 11.4 Å². The van der Waals surface area contributed by atoms with Crippen molar-refractivity contribution in [2.45, 2.75) is 51.5 Å². The first-order valence-corrected chi connectivity index (χ1v) is 10.1. The van der Waals surface area contributed by atoms with Gasteiger partial charge in [0.2, 0.25) is 11.8 Å². The normalized spacial score (nSPS) is 14.6. The molecule has 3 aromatic rings. The summed E-state index contributed by atoms with van der Waals surface area (Å²) in [5.74, 6) is -0.381. The summed E-state index contributed by atoms with van der Waals surface area (Å²) in [5.41, 5.74) is 14.1. The van der Waals surface area contributed by atoms with Gasteiger partial charge in [0.25, 0.3) is 5.91 Å². The van der Waals surface area contributed by atoms with Crippen molar-refractivity contribution >= 4 is 23.5 Å². The smallest absolute Gasteiger partial charge is 0.254 e.